The lowest BCUT2D eigenvalue weighted by Crippen LogP contribution is -2.26. The van der Waals surface area contributed by atoms with Crippen molar-refractivity contribution in [2.24, 2.45) is 5.10 Å². The Labute approximate surface area is 148 Å². The first kappa shape index (κ1) is 18.3. The second kappa shape index (κ2) is 8.69. The number of amides is 1. The fourth-order valence-electron chi connectivity index (χ4n) is 2.10. The number of nitrogens with one attached hydrogen (secondary N) is 1. The summed E-state index contributed by atoms with van der Waals surface area (Å²) in [5.74, 6) is 0.408. The predicted molar refractivity (Wildman–Crippen MR) is 103 cm³/mol. The van der Waals surface area contributed by atoms with Gasteiger partial charge in [-0.15, -0.1) is 11.8 Å². The molecule has 0 aliphatic rings. The minimum absolute atomic E-state index is 0.101. The molecule has 0 saturated carbocycles. The van der Waals surface area contributed by atoms with E-state index in [1.807, 2.05) is 50.2 Å². The van der Waals surface area contributed by atoms with Gasteiger partial charge in [0.15, 0.2) is 0 Å². The molecule has 0 aliphatic carbocycles. The number of rotatable bonds is 6. The summed E-state index contributed by atoms with van der Waals surface area (Å²) in [5.41, 5.74) is 6.08. The highest BCUT2D eigenvalue weighted by molar-refractivity contribution is 8.00. The number of carbonyl (C=O) groups excluding carboxylic acids is 1. The number of aryl methyl sites for hydroxylation is 1. The average Bonchev–Trinajstić information content (AvgIpc) is 2.57. The van der Waals surface area contributed by atoms with Gasteiger partial charge in [-0.3, -0.25) is 4.79 Å². The third kappa shape index (κ3) is 5.53. The molecule has 126 valence electrons. The molecule has 0 unspecified atom stereocenters. The summed E-state index contributed by atoms with van der Waals surface area (Å²) in [6, 6.07) is 16.4. The van der Waals surface area contributed by atoms with Gasteiger partial charge in [-0.1, -0.05) is 55.8 Å². The summed E-state index contributed by atoms with van der Waals surface area (Å²) in [5, 5.41) is 3.85. The van der Waals surface area contributed by atoms with Gasteiger partial charge in [0.05, 0.1) is 11.5 Å². The highest BCUT2D eigenvalue weighted by Crippen LogP contribution is 2.23. The van der Waals surface area contributed by atoms with Crippen LogP contribution < -0.4 is 5.43 Å². The first-order chi connectivity index (χ1) is 11.5. The zero-order valence-corrected chi connectivity index (χ0v) is 15.4. The van der Waals surface area contributed by atoms with Crippen LogP contribution in [0.15, 0.2) is 58.5 Å². The van der Waals surface area contributed by atoms with E-state index in [9.17, 15) is 4.79 Å². The zero-order valence-electron chi connectivity index (χ0n) is 14.6. The van der Waals surface area contributed by atoms with Crippen LogP contribution in [0.5, 0.6) is 0 Å². The van der Waals surface area contributed by atoms with E-state index in [0.717, 1.165) is 10.5 Å². The van der Waals surface area contributed by atoms with Crippen molar-refractivity contribution in [3.05, 3.63) is 65.2 Å². The van der Waals surface area contributed by atoms with Crippen molar-refractivity contribution < 1.29 is 4.79 Å². The molecule has 0 aliphatic heterocycles. The van der Waals surface area contributed by atoms with Gasteiger partial charge < -0.3 is 0 Å². The van der Waals surface area contributed by atoms with Crippen LogP contribution in [0.1, 0.15) is 43.4 Å². The number of benzene rings is 2. The van der Waals surface area contributed by atoms with Gasteiger partial charge in [0.2, 0.25) is 0 Å². The first-order valence-electron chi connectivity index (χ1n) is 8.12. The van der Waals surface area contributed by atoms with Crippen LogP contribution in [0.25, 0.3) is 0 Å². The Bertz CT molecular complexity index is 691. The smallest absolute Gasteiger partial charge is 0.253 e. The van der Waals surface area contributed by atoms with Crippen LogP contribution in [0.2, 0.25) is 0 Å². The third-order valence-electron chi connectivity index (χ3n) is 3.69. The molecule has 0 aromatic heterocycles. The molecule has 0 saturated heterocycles. The maximum atomic E-state index is 12.1. The maximum absolute atomic E-state index is 12.1. The molecule has 4 heteroatoms. The lowest BCUT2D eigenvalue weighted by molar-refractivity contribution is -0.120. The van der Waals surface area contributed by atoms with Crippen molar-refractivity contribution in [1.82, 2.24) is 5.43 Å². The standard InChI is InChI=1S/C20H24N2OS/c1-14(2)18-9-7-17(8-10-18)13-21-22-20(23)16(4)24-19-11-5-15(3)6-12-19/h5-14,16H,1-4H3,(H,22,23)/b21-13-/t16-/m0/s1. The number of nitrogens with zero attached hydrogens (tertiary/aromatic N) is 1. The Morgan fingerprint density at radius 1 is 1.04 bits per heavy atom. The van der Waals surface area contributed by atoms with Crippen LogP contribution in [-0.2, 0) is 4.79 Å². The molecule has 1 N–H and O–H groups in total. The van der Waals surface area contributed by atoms with Gasteiger partial charge in [-0.2, -0.15) is 5.10 Å². The fraction of sp³-hybridized carbons (Fsp3) is 0.300. The number of hydrogen-bond acceptors (Lipinski definition) is 3. The summed E-state index contributed by atoms with van der Waals surface area (Å²) >= 11 is 1.53. The highest BCUT2D eigenvalue weighted by atomic mass is 32.2. The largest absolute Gasteiger partial charge is 0.272 e. The Kier molecular flexibility index (Phi) is 6.62. The van der Waals surface area contributed by atoms with Crippen LogP contribution in [0, 0.1) is 6.92 Å². The van der Waals surface area contributed by atoms with Crippen LogP contribution >= 0.6 is 11.8 Å². The van der Waals surface area contributed by atoms with E-state index < -0.39 is 0 Å². The summed E-state index contributed by atoms with van der Waals surface area (Å²) in [4.78, 5) is 13.2. The Morgan fingerprint density at radius 2 is 1.67 bits per heavy atom. The summed E-state index contributed by atoms with van der Waals surface area (Å²) in [6.45, 7) is 8.26. The molecule has 2 aromatic carbocycles. The Morgan fingerprint density at radius 3 is 2.25 bits per heavy atom. The van der Waals surface area contributed by atoms with E-state index in [1.165, 1.54) is 22.9 Å². The van der Waals surface area contributed by atoms with E-state index in [1.54, 1.807) is 6.21 Å². The van der Waals surface area contributed by atoms with Gasteiger partial charge in [0, 0.05) is 4.90 Å². The molecule has 0 bridgehead atoms. The lowest BCUT2D eigenvalue weighted by Gasteiger charge is -2.09. The maximum Gasteiger partial charge on any atom is 0.253 e. The number of hydrazone groups is 1. The third-order valence-corrected chi connectivity index (χ3v) is 4.81. The van der Waals surface area contributed by atoms with E-state index in [0.29, 0.717) is 5.92 Å². The second-order valence-electron chi connectivity index (χ2n) is 6.13. The minimum atomic E-state index is -0.201. The molecule has 24 heavy (non-hydrogen) atoms. The monoisotopic (exact) mass is 340 g/mol. The lowest BCUT2D eigenvalue weighted by atomic mass is 10.0. The topological polar surface area (TPSA) is 41.5 Å². The summed E-state index contributed by atoms with van der Waals surface area (Å²) in [6.07, 6.45) is 1.67. The molecule has 0 heterocycles. The van der Waals surface area contributed by atoms with Gasteiger partial charge in [0.25, 0.3) is 5.91 Å². The number of thioether (sulfide) groups is 1. The van der Waals surface area contributed by atoms with E-state index in [-0.39, 0.29) is 11.2 Å². The molecule has 2 aromatic rings. The van der Waals surface area contributed by atoms with Crippen molar-refractivity contribution in [3.63, 3.8) is 0 Å². The quantitative estimate of drug-likeness (QED) is 0.468. The molecule has 0 radical (unpaired) electrons. The van der Waals surface area contributed by atoms with Crippen LogP contribution in [0.3, 0.4) is 0 Å². The molecule has 1 amide bonds. The van der Waals surface area contributed by atoms with E-state index in [2.05, 4.69) is 36.5 Å². The first-order valence-corrected chi connectivity index (χ1v) is 9.00. The molecular formula is C20H24N2OS. The number of hydrogen-bond donors (Lipinski definition) is 1. The van der Waals surface area contributed by atoms with Gasteiger partial charge in [0.1, 0.15) is 0 Å². The van der Waals surface area contributed by atoms with Crippen molar-refractivity contribution in [1.29, 1.82) is 0 Å². The molecule has 0 fully saturated rings. The van der Waals surface area contributed by atoms with Crippen LogP contribution in [0.4, 0.5) is 0 Å². The fourth-order valence-corrected chi connectivity index (χ4v) is 2.96. The van der Waals surface area contributed by atoms with E-state index >= 15 is 0 Å². The Balaban J connectivity index is 1.86. The van der Waals surface area contributed by atoms with Crippen molar-refractivity contribution in [2.75, 3.05) is 0 Å². The van der Waals surface area contributed by atoms with Gasteiger partial charge in [-0.05, 0) is 43.0 Å². The second-order valence-corrected chi connectivity index (χ2v) is 7.54. The molecular weight excluding hydrogens is 316 g/mol. The average molecular weight is 340 g/mol. The summed E-state index contributed by atoms with van der Waals surface area (Å²) < 4.78 is 0. The van der Waals surface area contributed by atoms with Gasteiger partial charge >= 0.3 is 0 Å². The molecule has 0 spiro atoms. The van der Waals surface area contributed by atoms with Crippen LogP contribution in [-0.4, -0.2) is 17.4 Å². The highest BCUT2D eigenvalue weighted by Gasteiger charge is 2.13. The summed E-state index contributed by atoms with van der Waals surface area (Å²) in [7, 11) is 0. The van der Waals surface area contributed by atoms with E-state index in [4.69, 9.17) is 0 Å². The number of carbonyl (C=O) groups is 1. The van der Waals surface area contributed by atoms with Crippen molar-refractivity contribution in [2.45, 2.75) is 43.8 Å². The van der Waals surface area contributed by atoms with Gasteiger partial charge in [-0.25, -0.2) is 5.43 Å². The zero-order chi connectivity index (χ0) is 17.5. The van der Waals surface area contributed by atoms with Crippen molar-refractivity contribution >= 4 is 23.9 Å². The van der Waals surface area contributed by atoms with Crippen molar-refractivity contribution in [3.8, 4) is 0 Å². The normalized spacial score (nSPS) is 12.5. The SMILES string of the molecule is Cc1ccc(S[C@@H](C)C(=O)N/N=C\c2ccc(C(C)C)cc2)cc1. The molecule has 2 rings (SSSR count). The Hall–Kier alpha value is -2.07. The molecule has 3 nitrogen and oxygen atoms in total. The predicted octanol–water partition coefficient (Wildman–Crippen LogP) is 4.75. The minimum Gasteiger partial charge on any atom is -0.272 e. The molecule has 1 atom stereocenters.